The van der Waals surface area contributed by atoms with Crippen LogP contribution in [-0.2, 0) is 0 Å². The molecule has 5 heteroatoms. The fraction of sp³-hybridized carbons (Fsp3) is 0.273. The number of ether oxygens (including phenoxy) is 1. The van der Waals surface area contributed by atoms with Crippen molar-refractivity contribution in [1.29, 1.82) is 0 Å². The molecule has 0 saturated heterocycles. The van der Waals surface area contributed by atoms with Gasteiger partial charge in [-0.05, 0) is 5.16 Å². The SMILES string of the molecule is C=CCN(CC=C)C(=O)c1cc(OC)no1. The average molecular weight is 222 g/mol. The van der Waals surface area contributed by atoms with Crippen LogP contribution >= 0.6 is 0 Å². The predicted molar refractivity (Wildman–Crippen MR) is 59.4 cm³/mol. The van der Waals surface area contributed by atoms with Crippen LogP contribution in [0.1, 0.15) is 10.6 Å². The molecule has 0 aromatic carbocycles. The molecule has 1 rings (SSSR count). The maximum atomic E-state index is 11.9. The second-order valence-corrected chi connectivity index (χ2v) is 3.02. The number of amides is 1. The van der Waals surface area contributed by atoms with Gasteiger partial charge in [0.05, 0.1) is 13.2 Å². The molecule has 16 heavy (non-hydrogen) atoms. The number of aromatic nitrogens is 1. The van der Waals surface area contributed by atoms with Crippen molar-refractivity contribution in [3.8, 4) is 5.88 Å². The van der Waals surface area contributed by atoms with Gasteiger partial charge in [-0.15, -0.1) is 13.2 Å². The Labute approximate surface area is 94.0 Å². The smallest absolute Gasteiger partial charge is 0.293 e. The third-order valence-corrected chi connectivity index (χ3v) is 1.89. The first-order valence-electron chi connectivity index (χ1n) is 4.74. The van der Waals surface area contributed by atoms with Gasteiger partial charge in [-0.25, -0.2) is 0 Å². The van der Waals surface area contributed by atoms with Crippen LogP contribution in [0.4, 0.5) is 0 Å². The van der Waals surface area contributed by atoms with Crippen molar-refractivity contribution < 1.29 is 14.1 Å². The van der Waals surface area contributed by atoms with E-state index in [0.717, 1.165) is 0 Å². The lowest BCUT2D eigenvalue weighted by atomic mass is 10.3. The molecule has 1 heterocycles. The lowest BCUT2D eigenvalue weighted by Gasteiger charge is -2.16. The molecule has 0 radical (unpaired) electrons. The van der Waals surface area contributed by atoms with E-state index in [1.807, 2.05) is 0 Å². The Balaban J connectivity index is 2.80. The van der Waals surface area contributed by atoms with Crippen LogP contribution in [0, 0.1) is 0 Å². The molecule has 0 atom stereocenters. The molecule has 1 amide bonds. The summed E-state index contributed by atoms with van der Waals surface area (Å²) in [4.78, 5) is 13.4. The van der Waals surface area contributed by atoms with Gasteiger partial charge in [0.1, 0.15) is 0 Å². The first kappa shape index (κ1) is 12.0. The third kappa shape index (κ3) is 2.73. The van der Waals surface area contributed by atoms with Gasteiger partial charge in [-0.1, -0.05) is 12.2 Å². The number of carbonyl (C=O) groups is 1. The second-order valence-electron chi connectivity index (χ2n) is 3.02. The number of hydrogen-bond donors (Lipinski definition) is 0. The number of nitrogens with zero attached hydrogens (tertiary/aromatic N) is 2. The van der Waals surface area contributed by atoms with E-state index < -0.39 is 0 Å². The minimum absolute atomic E-state index is 0.139. The van der Waals surface area contributed by atoms with Crippen LogP contribution in [0.15, 0.2) is 35.9 Å². The van der Waals surface area contributed by atoms with Gasteiger partial charge in [-0.3, -0.25) is 4.79 Å². The molecule has 1 aromatic rings. The van der Waals surface area contributed by atoms with E-state index in [1.54, 1.807) is 12.2 Å². The maximum absolute atomic E-state index is 11.9. The number of methoxy groups -OCH3 is 1. The van der Waals surface area contributed by atoms with Crippen LogP contribution in [0.5, 0.6) is 5.88 Å². The topological polar surface area (TPSA) is 55.6 Å². The molecular formula is C11H14N2O3. The average Bonchev–Trinajstić information content (AvgIpc) is 2.76. The molecule has 0 fully saturated rings. The zero-order valence-electron chi connectivity index (χ0n) is 9.18. The summed E-state index contributed by atoms with van der Waals surface area (Å²) in [5, 5.41) is 3.56. The molecule has 0 spiro atoms. The fourth-order valence-electron chi connectivity index (χ4n) is 1.16. The Morgan fingerprint density at radius 1 is 1.56 bits per heavy atom. The van der Waals surface area contributed by atoms with Crippen molar-refractivity contribution in [2.75, 3.05) is 20.2 Å². The molecular weight excluding hydrogens is 208 g/mol. The Bertz CT molecular complexity index is 374. The Kier molecular flexibility index (Phi) is 4.32. The van der Waals surface area contributed by atoms with E-state index in [4.69, 9.17) is 9.26 Å². The quantitative estimate of drug-likeness (QED) is 0.684. The highest BCUT2D eigenvalue weighted by Crippen LogP contribution is 2.12. The van der Waals surface area contributed by atoms with Gasteiger partial charge in [0.25, 0.3) is 11.8 Å². The van der Waals surface area contributed by atoms with Gasteiger partial charge in [0.15, 0.2) is 0 Å². The van der Waals surface area contributed by atoms with Crippen molar-refractivity contribution >= 4 is 5.91 Å². The minimum Gasteiger partial charge on any atom is -0.479 e. The van der Waals surface area contributed by atoms with Crippen molar-refractivity contribution in [3.05, 3.63) is 37.1 Å². The standard InChI is InChI=1S/C11H14N2O3/c1-4-6-13(7-5-2)11(14)9-8-10(15-3)12-16-9/h4-5,8H,1-2,6-7H2,3H3. The van der Waals surface area contributed by atoms with Gasteiger partial charge in [0, 0.05) is 13.1 Å². The molecule has 0 unspecified atom stereocenters. The summed E-state index contributed by atoms with van der Waals surface area (Å²) in [6.07, 6.45) is 3.27. The fourth-order valence-corrected chi connectivity index (χ4v) is 1.16. The highest BCUT2D eigenvalue weighted by Gasteiger charge is 2.18. The van der Waals surface area contributed by atoms with Crippen LogP contribution in [0.2, 0.25) is 0 Å². The lowest BCUT2D eigenvalue weighted by molar-refractivity contribution is 0.0749. The Morgan fingerprint density at radius 2 is 2.19 bits per heavy atom. The summed E-state index contributed by atoms with van der Waals surface area (Å²) >= 11 is 0. The van der Waals surface area contributed by atoms with Crippen LogP contribution in [0.3, 0.4) is 0 Å². The molecule has 5 nitrogen and oxygen atoms in total. The summed E-state index contributed by atoms with van der Waals surface area (Å²) in [6.45, 7) is 8.01. The molecule has 0 aliphatic heterocycles. The molecule has 0 aliphatic rings. The summed E-state index contributed by atoms with van der Waals surface area (Å²) in [6, 6.07) is 1.45. The van der Waals surface area contributed by atoms with E-state index in [-0.39, 0.29) is 17.5 Å². The number of rotatable bonds is 6. The first-order chi connectivity index (χ1) is 7.72. The Morgan fingerprint density at radius 3 is 2.62 bits per heavy atom. The molecule has 0 aliphatic carbocycles. The van der Waals surface area contributed by atoms with Gasteiger partial charge in [-0.2, -0.15) is 0 Å². The second kappa shape index (κ2) is 5.75. The maximum Gasteiger partial charge on any atom is 0.293 e. The minimum atomic E-state index is -0.268. The third-order valence-electron chi connectivity index (χ3n) is 1.89. The summed E-state index contributed by atoms with van der Waals surface area (Å²) < 4.78 is 9.68. The van der Waals surface area contributed by atoms with E-state index >= 15 is 0 Å². The zero-order chi connectivity index (χ0) is 12.0. The van der Waals surface area contributed by atoms with Crippen LogP contribution < -0.4 is 4.74 Å². The van der Waals surface area contributed by atoms with E-state index in [1.165, 1.54) is 18.1 Å². The lowest BCUT2D eigenvalue weighted by Crippen LogP contribution is -2.30. The normalized spacial score (nSPS) is 9.56. The predicted octanol–water partition coefficient (Wildman–Crippen LogP) is 1.50. The summed E-state index contributed by atoms with van der Waals surface area (Å²) in [7, 11) is 1.46. The number of carbonyl (C=O) groups excluding carboxylic acids is 1. The van der Waals surface area contributed by atoms with E-state index in [9.17, 15) is 4.79 Å². The van der Waals surface area contributed by atoms with Crippen molar-refractivity contribution in [2.45, 2.75) is 0 Å². The van der Waals surface area contributed by atoms with Gasteiger partial charge in [0.2, 0.25) is 5.76 Å². The van der Waals surface area contributed by atoms with Gasteiger partial charge < -0.3 is 14.2 Å². The highest BCUT2D eigenvalue weighted by molar-refractivity contribution is 5.91. The van der Waals surface area contributed by atoms with Crippen LogP contribution in [-0.4, -0.2) is 36.2 Å². The van der Waals surface area contributed by atoms with Gasteiger partial charge >= 0.3 is 0 Å². The molecule has 86 valence electrons. The largest absolute Gasteiger partial charge is 0.479 e. The Hall–Kier alpha value is -2.04. The summed E-state index contributed by atoms with van der Waals surface area (Å²) in [5.74, 6) is 0.150. The molecule has 0 bridgehead atoms. The van der Waals surface area contributed by atoms with E-state index in [0.29, 0.717) is 13.1 Å². The van der Waals surface area contributed by atoms with E-state index in [2.05, 4.69) is 18.3 Å². The molecule has 0 N–H and O–H groups in total. The summed E-state index contributed by atoms with van der Waals surface area (Å²) in [5.41, 5.74) is 0. The van der Waals surface area contributed by atoms with Crippen molar-refractivity contribution in [3.63, 3.8) is 0 Å². The first-order valence-corrected chi connectivity index (χ1v) is 4.74. The molecule has 1 aromatic heterocycles. The van der Waals surface area contributed by atoms with Crippen LogP contribution in [0.25, 0.3) is 0 Å². The highest BCUT2D eigenvalue weighted by atomic mass is 16.5. The monoisotopic (exact) mass is 222 g/mol. The zero-order valence-corrected chi connectivity index (χ0v) is 9.18. The van der Waals surface area contributed by atoms with Crippen molar-refractivity contribution in [2.24, 2.45) is 0 Å². The molecule has 0 saturated carbocycles. The number of hydrogen-bond acceptors (Lipinski definition) is 4. The van der Waals surface area contributed by atoms with Crippen molar-refractivity contribution in [1.82, 2.24) is 10.1 Å².